The number of aliphatic hydroxyl groups is 1. The summed E-state index contributed by atoms with van der Waals surface area (Å²) < 4.78 is 5.78. The molecule has 2 aromatic heterocycles. The number of pyridine rings is 1. The van der Waals surface area contributed by atoms with E-state index < -0.39 is 29.2 Å². The normalized spacial score (nSPS) is 19.4. The molecule has 37 heavy (non-hydrogen) atoms. The minimum absolute atomic E-state index is 0.0395. The van der Waals surface area contributed by atoms with Gasteiger partial charge in [0, 0.05) is 34.7 Å². The highest BCUT2D eigenvalue weighted by atomic mass is 32.2. The maximum Gasteiger partial charge on any atom is 0.278 e. The zero-order valence-corrected chi connectivity index (χ0v) is 22.0. The molecule has 0 radical (unpaired) electrons. The molecule has 2 amide bonds. The smallest absolute Gasteiger partial charge is 0.278 e. The van der Waals surface area contributed by atoms with Crippen LogP contribution in [0.15, 0.2) is 45.8 Å². The highest BCUT2D eigenvalue weighted by molar-refractivity contribution is 8.00. The minimum Gasteiger partial charge on any atom is -0.543 e. The van der Waals surface area contributed by atoms with Gasteiger partial charge in [0.15, 0.2) is 24.1 Å². The average Bonchev–Trinajstić information content (AvgIpc) is 3.31. The SMILES string of the molecule is CCON=C(C(=O)NC1C(=O)N2C(C(=O)[O-])=C(C[n+]3cccc(SCCO)c3)CS[C@H]12)c1nsc(N)n1. The Labute approximate surface area is 223 Å². The van der Waals surface area contributed by atoms with E-state index in [4.69, 9.17) is 15.7 Å². The second-order valence-corrected chi connectivity index (χ2v) is 10.8. The Bertz CT molecular complexity index is 1270. The van der Waals surface area contributed by atoms with Crippen molar-refractivity contribution in [1.29, 1.82) is 0 Å². The number of hydrogen-bond acceptors (Lipinski definition) is 13. The summed E-state index contributed by atoms with van der Waals surface area (Å²) in [5.41, 5.74) is 5.68. The molecule has 0 aliphatic carbocycles. The number of carbonyl (C=O) groups is 3. The van der Waals surface area contributed by atoms with Gasteiger partial charge in [-0.15, -0.1) is 23.5 Å². The molecule has 1 fully saturated rings. The van der Waals surface area contributed by atoms with E-state index in [1.165, 1.54) is 23.5 Å². The number of carbonyl (C=O) groups excluding carboxylic acids is 3. The standard InChI is InChI=1S/C21H23N7O6S3/c1-2-34-25-13(16-24-21(22)37-26-16)17(30)23-14-18(31)28-15(20(32)33)11(10-36-19(14)28)8-27-5-3-4-12(9-27)35-7-6-29/h3-5,9,14,19,29H,2,6-8,10H2,1H3,(H3-,22,23,24,26,30,32,33)/t14?,19-/m1/s1. The Balaban J connectivity index is 1.51. The van der Waals surface area contributed by atoms with Crippen molar-refractivity contribution in [2.24, 2.45) is 5.16 Å². The van der Waals surface area contributed by atoms with Crippen LogP contribution in [0.5, 0.6) is 0 Å². The maximum absolute atomic E-state index is 13.0. The topological polar surface area (TPSA) is 187 Å². The fourth-order valence-corrected chi connectivity index (χ4v) is 6.19. The first-order chi connectivity index (χ1) is 17.8. The van der Waals surface area contributed by atoms with Gasteiger partial charge in [-0.1, -0.05) is 5.16 Å². The molecule has 196 valence electrons. The van der Waals surface area contributed by atoms with E-state index in [0.717, 1.165) is 21.3 Å². The number of oxime groups is 1. The van der Waals surface area contributed by atoms with Crippen LogP contribution in [-0.4, -0.2) is 79.0 Å². The molecule has 4 rings (SSSR count). The summed E-state index contributed by atoms with van der Waals surface area (Å²) in [6, 6.07) is 2.73. The quantitative estimate of drug-likeness (QED) is 0.0930. The van der Waals surface area contributed by atoms with Crippen LogP contribution < -0.4 is 20.7 Å². The molecule has 0 bridgehead atoms. The van der Waals surface area contributed by atoms with Crippen LogP contribution in [0.1, 0.15) is 12.7 Å². The number of nitrogen functional groups attached to an aromatic ring is 1. The van der Waals surface area contributed by atoms with Crippen molar-refractivity contribution >= 4 is 63.7 Å². The zero-order valence-electron chi connectivity index (χ0n) is 19.5. The number of aromatic nitrogens is 3. The molecule has 2 aliphatic heterocycles. The predicted octanol–water partition coefficient (Wildman–Crippen LogP) is -1.66. The molecule has 2 aromatic rings. The van der Waals surface area contributed by atoms with E-state index >= 15 is 0 Å². The van der Waals surface area contributed by atoms with Crippen molar-refractivity contribution in [2.75, 3.05) is 30.5 Å². The number of β-lactam (4-membered cyclic amide) rings is 1. The fraction of sp³-hybridized carbons (Fsp3) is 0.381. The number of nitrogens with one attached hydrogen (secondary N) is 1. The maximum atomic E-state index is 13.0. The number of amides is 2. The molecule has 1 saturated heterocycles. The van der Waals surface area contributed by atoms with Gasteiger partial charge in [0.2, 0.25) is 11.5 Å². The van der Waals surface area contributed by atoms with Crippen LogP contribution in [0.2, 0.25) is 0 Å². The second kappa shape index (κ2) is 11.9. The first-order valence-corrected chi connectivity index (χ1v) is 13.9. The van der Waals surface area contributed by atoms with Gasteiger partial charge < -0.3 is 30.9 Å². The number of anilines is 1. The van der Waals surface area contributed by atoms with E-state index in [2.05, 4.69) is 19.8 Å². The van der Waals surface area contributed by atoms with Gasteiger partial charge in [0.05, 0.1) is 23.2 Å². The number of hydrogen-bond donors (Lipinski definition) is 3. The summed E-state index contributed by atoms with van der Waals surface area (Å²) in [7, 11) is 0. The van der Waals surface area contributed by atoms with E-state index in [1.807, 2.05) is 22.9 Å². The number of nitrogens with two attached hydrogens (primary N) is 1. The van der Waals surface area contributed by atoms with Crippen molar-refractivity contribution in [2.45, 2.75) is 29.8 Å². The molecule has 0 saturated carbocycles. The molecular weight excluding hydrogens is 542 g/mol. The van der Waals surface area contributed by atoms with Gasteiger partial charge in [0.1, 0.15) is 18.0 Å². The van der Waals surface area contributed by atoms with Crippen LogP contribution in [0.3, 0.4) is 0 Å². The Morgan fingerprint density at radius 1 is 1.49 bits per heavy atom. The third-order valence-corrected chi connectivity index (χ3v) is 8.09. The van der Waals surface area contributed by atoms with Crippen LogP contribution in [0.25, 0.3) is 0 Å². The lowest BCUT2D eigenvalue weighted by Gasteiger charge is -2.50. The molecule has 0 aromatic carbocycles. The monoisotopic (exact) mass is 565 g/mol. The van der Waals surface area contributed by atoms with Crippen molar-refractivity contribution in [3.8, 4) is 0 Å². The van der Waals surface area contributed by atoms with Crippen LogP contribution in [-0.2, 0) is 25.8 Å². The molecule has 13 nitrogen and oxygen atoms in total. The lowest BCUT2D eigenvalue weighted by atomic mass is 10.0. The minimum atomic E-state index is -1.47. The molecule has 4 heterocycles. The molecule has 4 N–H and O–H groups in total. The Morgan fingerprint density at radius 3 is 2.97 bits per heavy atom. The first kappa shape index (κ1) is 26.8. The Kier molecular flexibility index (Phi) is 8.63. The molecule has 2 atom stereocenters. The van der Waals surface area contributed by atoms with Gasteiger partial charge in [-0.25, -0.2) is 0 Å². The largest absolute Gasteiger partial charge is 0.543 e. The molecule has 2 aliphatic rings. The van der Waals surface area contributed by atoms with E-state index in [0.29, 0.717) is 17.1 Å². The number of carboxylic acid groups (broad SMARTS) is 1. The van der Waals surface area contributed by atoms with Crippen molar-refractivity contribution in [3.05, 3.63) is 41.6 Å². The number of fused-ring (bicyclic) bond motifs is 1. The third kappa shape index (κ3) is 5.87. The molecule has 1 unspecified atom stereocenters. The number of thioether (sulfide) groups is 2. The predicted molar refractivity (Wildman–Crippen MR) is 134 cm³/mol. The molecule has 0 spiro atoms. The number of aliphatic carboxylic acids is 1. The van der Waals surface area contributed by atoms with E-state index in [-0.39, 0.29) is 42.1 Å². The third-order valence-electron chi connectivity index (χ3n) is 5.25. The van der Waals surface area contributed by atoms with Crippen molar-refractivity contribution < 1.29 is 34.0 Å². The van der Waals surface area contributed by atoms with E-state index in [9.17, 15) is 19.5 Å². The van der Waals surface area contributed by atoms with Gasteiger partial charge in [-0.3, -0.25) is 14.5 Å². The van der Waals surface area contributed by atoms with Gasteiger partial charge in [0.25, 0.3) is 11.8 Å². The Morgan fingerprint density at radius 2 is 2.30 bits per heavy atom. The molecular formula is C21H23N7O6S3. The summed E-state index contributed by atoms with van der Waals surface area (Å²) >= 11 is 3.68. The highest BCUT2D eigenvalue weighted by Gasteiger charge is 2.53. The van der Waals surface area contributed by atoms with Crippen molar-refractivity contribution in [3.63, 3.8) is 0 Å². The van der Waals surface area contributed by atoms with Gasteiger partial charge in [-0.05, 0) is 13.0 Å². The highest BCUT2D eigenvalue weighted by Crippen LogP contribution is 2.40. The summed E-state index contributed by atoms with van der Waals surface area (Å²) in [6.45, 7) is 2.15. The number of rotatable bonds is 11. The number of carboxylic acids is 1. The molecule has 16 heteroatoms. The zero-order chi connectivity index (χ0) is 26.5. The summed E-state index contributed by atoms with van der Waals surface area (Å²) in [6.07, 6.45) is 3.63. The first-order valence-electron chi connectivity index (χ1n) is 11.0. The second-order valence-electron chi connectivity index (χ2n) is 7.70. The van der Waals surface area contributed by atoms with E-state index in [1.54, 1.807) is 13.1 Å². The lowest BCUT2D eigenvalue weighted by Crippen LogP contribution is -2.71. The summed E-state index contributed by atoms with van der Waals surface area (Å²) in [5.74, 6) is -1.99. The summed E-state index contributed by atoms with van der Waals surface area (Å²) in [4.78, 5) is 49.0. The van der Waals surface area contributed by atoms with Gasteiger partial charge in [-0.2, -0.15) is 13.9 Å². The van der Waals surface area contributed by atoms with Crippen LogP contribution in [0.4, 0.5) is 5.13 Å². The van der Waals surface area contributed by atoms with Crippen LogP contribution in [0, 0.1) is 0 Å². The lowest BCUT2D eigenvalue weighted by molar-refractivity contribution is -0.690. The van der Waals surface area contributed by atoms with Crippen LogP contribution >= 0.6 is 35.1 Å². The summed E-state index contributed by atoms with van der Waals surface area (Å²) in [5, 5.41) is 27.0. The average molecular weight is 566 g/mol. The van der Waals surface area contributed by atoms with Gasteiger partial charge >= 0.3 is 0 Å². The van der Waals surface area contributed by atoms with Crippen molar-refractivity contribution in [1.82, 2.24) is 19.6 Å². The Hall–Kier alpha value is -3.21. The number of aliphatic hydroxyl groups excluding tert-OH is 1. The fourth-order valence-electron chi connectivity index (χ4n) is 3.71. The number of nitrogens with zero attached hydrogens (tertiary/aromatic N) is 5.